The second kappa shape index (κ2) is 5.96. The van der Waals surface area contributed by atoms with Gasteiger partial charge < -0.3 is 14.0 Å². The summed E-state index contributed by atoms with van der Waals surface area (Å²) in [4.78, 5) is 12.0. The van der Waals surface area contributed by atoms with E-state index in [1.54, 1.807) is 14.2 Å². The van der Waals surface area contributed by atoms with E-state index in [9.17, 15) is 4.79 Å². The van der Waals surface area contributed by atoms with Crippen molar-refractivity contribution in [2.75, 3.05) is 14.2 Å². The normalized spacial score (nSPS) is 15.6. The SMILES string of the molecule is CCC1Cc2cc(OC)ccc2-c2c(C=O)c3ccc(OC)cc3n21. The second-order valence-electron chi connectivity index (χ2n) is 6.42. The van der Waals surface area contributed by atoms with Crippen LogP contribution in [-0.4, -0.2) is 25.1 Å². The minimum Gasteiger partial charge on any atom is -0.497 e. The number of hydrogen-bond donors (Lipinski definition) is 0. The average Bonchev–Trinajstić information content (AvgIpc) is 3.00. The molecule has 1 unspecified atom stereocenters. The predicted octanol–water partition coefficient (Wildman–Crippen LogP) is 4.65. The van der Waals surface area contributed by atoms with Crippen molar-refractivity contribution in [1.82, 2.24) is 4.57 Å². The van der Waals surface area contributed by atoms with Crippen molar-refractivity contribution in [3.8, 4) is 22.8 Å². The quantitative estimate of drug-likeness (QED) is 0.652. The topological polar surface area (TPSA) is 40.5 Å². The first-order chi connectivity index (χ1) is 12.2. The van der Waals surface area contributed by atoms with Crippen molar-refractivity contribution in [2.24, 2.45) is 0 Å². The van der Waals surface area contributed by atoms with Gasteiger partial charge in [0.1, 0.15) is 11.5 Å². The smallest absolute Gasteiger partial charge is 0.152 e. The lowest BCUT2D eigenvalue weighted by molar-refractivity contribution is 0.112. The summed E-state index contributed by atoms with van der Waals surface area (Å²) in [7, 11) is 3.35. The monoisotopic (exact) mass is 335 g/mol. The number of aromatic nitrogens is 1. The van der Waals surface area contributed by atoms with Gasteiger partial charge in [0.05, 0.1) is 25.4 Å². The van der Waals surface area contributed by atoms with Gasteiger partial charge >= 0.3 is 0 Å². The van der Waals surface area contributed by atoms with Gasteiger partial charge in [-0.15, -0.1) is 0 Å². The summed E-state index contributed by atoms with van der Waals surface area (Å²) < 4.78 is 13.1. The van der Waals surface area contributed by atoms with Crippen molar-refractivity contribution >= 4 is 17.2 Å². The van der Waals surface area contributed by atoms with E-state index in [2.05, 4.69) is 23.6 Å². The molecule has 0 fully saturated rings. The number of benzene rings is 2. The lowest BCUT2D eigenvalue weighted by atomic mass is 9.91. The lowest BCUT2D eigenvalue weighted by Crippen LogP contribution is -2.18. The molecule has 128 valence electrons. The molecule has 2 aromatic carbocycles. The highest BCUT2D eigenvalue weighted by Gasteiger charge is 2.29. The summed E-state index contributed by atoms with van der Waals surface area (Å²) in [6.07, 6.45) is 2.89. The molecule has 0 radical (unpaired) electrons. The van der Waals surface area contributed by atoms with Gasteiger partial charge in [0.2, 0.25) is 0 Å². The first kappa shape index (κ1) is 15.8. The van der Waals surface area contributed by atoms with E-state index >= 15 is 0 Å². The maximum Gasteiger partial charge on any atom is 0.152 e. The molecular weight excluding hydrogens is 314 g/mol. The van der Waals surface area contributed by atoms with Crippen LogP contribution in [0.5, 0.6) is 11.5 Å². The van der Waals surface area contributed by atoms with Crippen LogP contribution in [0.15, 0.2) is 36.4 Å². The molecule has 3 aromatic rings. The fourth-order valence-corrected chi connectivity index (χ4v) is 3.99. The molecule has 0 N–H and O–H groups in total. The van der Waals surface area contributed by atoms with Crippen LogP contribution in [0.3, 0.4) is 0 Å². The predicted molar refractivity (Wildman–Crippen MR) is 98.9 cm³/mol. The zero-order valence-corrected chi connectivity index (χ0v) is 14.7. The molecular formula is C21H21NO3. The van der Waals surface area contributed by atoms with Gasteiger partial charge in [-0.25, -0.2) is 0 Å². The molecule has 4 rings (SSSR count). The van der Waals surface area contributed by atoms with E-state index < -0.39 is 0 Å². The Bertz CT molecular complexity index is 971. The highest BCUT2D eigenvalue weighted by Crippen LogP contribution is 2.44. The Balaban J connectivity index is 2.09. The summed E-state index contributed by atoms with van der Waals surface area (Å²) in [6.45, 7) is 2.19. The molecule has 4 heteroatoms. The fraction of sp³-hybridized carbons (Fsp3) is 0.286. The van der Waals surface area contributed by atoms with Crippen molar-refractivity contribution < 1.29 is 14.3 Å². The first-order valence-electron chi connectivity index (χ1n) is 8.56. The number of hydrogen-bond acceptors (Lipinski definition) is 3. The van der Waals surface area contributed by atoms with Crippen LogP contribution >= 0.6 is 0 Å². The zero-order valence-electron chi connectivity index (χ0n) is 14.7. The Labute approximate surface area is 147 Å². The van der Waals surface area contributed by atoms with Crippen molar-refractivity contribution in [3.05, 3.63) is 47.5 Å². The number of fused-ring (bicyclic) bond motifs is 5. The van der Waals surface area contributed by atoms with Crippen LogP contribution in [-0.2, 0) is 6.42 Å². The molecule has 2 heterocycles. The van der Waals surface area contributed by atoms with E-state index in [4.69, 9.17) is 9.47 Å². The summed E-state index contributed by atoms with van der Waals surface area (Å²) >= 11 is 0. The zero-order chi connectivity index (χ0) is 17.6. The van der Waals surface area contributed by atoms with E-state index in [1.807, 2.05) is 24.3 Å². The molecule has 1 aromatic heterocycles. The summed E-state index contributed by atoms with van der Waals surface area (Å²) in [6, 6.07) is 12.4. The largest absolute Gasteiger partial charge is 0.497 e. The average molecular weight is 335 g/mol. The van der Waals surface area contributed by atoms with Crippen LogP contribution in [0.1, 0.15) is 35.3 Å². The van der Waals surface area contributed by atoms with Gasteiger partial charge in [-0.05, 0) is 48.7 Å². The fourth-order valence-electron chi connectivity index (χ4n) is 3.99. The van der Waals surface area contributed by atoms with Crippen LogP contribution < -0.4 is 9.47 Å². The number of rotatable bonds is 4. The molecule has 1 atom stereocenters. The van der Waals surface area contributed by atoms with Crippen LogP contribution in [0, 0.1) is 0 Å². The van der Waals surface area contributed by atoms with Crippen molar-refractivity contribution in [2.45, 2.75) is 25.8 Å². The second-order valence-corrected chi connectivity index (χ2v) is 6.42. The van der Waals surface area contributed by atoms with Crippen molar-refractivity contribution in [1.29, 1.82) is 0 Å². The van der Waals surface area contributed by atoms with Gasteiger partial charge in [0, 0.05) is 28.6 Å². The third-order valence-corrected chi connectivity index (χ3v) is 5.23. The summed E-state index contributed by atoms with van der Waals surface area (Å²) in [5, 5.41) is 0.980. The Kier molecular flexibility index (Phi) is 3.75. The molecule has 1 aliphatic heterocycles. The van der Waals surface area contributed by atoms with E-state index in [-0.39, 0.29) is 0 Å². The number of methoxy groups -OCH3 is 2. The molecule has 1 aliphatic rings. The van der Waals surface area contributed by atoms with Crippen LogP contribution in [0.25, 0.3) is 22.2 Å². The van der Waals surface area contributed by atoms with E-state index in [0.717, 1.165) is 58.4 Å². The summed E-state index contributed by atoms with van der Waals surface area (Å²) in [5.74, 6) is 1.66. The van der Waals surface area contributed by atoms with Crippen LogP contribution in [0.4, 0.5) is 0 Å². The van der Waals surface area contributed by atoms with Crippen LogP contribution in [0.2, 0.25) is 0 Å². The maximum atomic E-state index is 12.0. The molecule has 0 bridgehead atoms. The van der Waals surface area contributed by atoms with Gasteiger partial charge in [-0.2, -0.15) is 0 Å². The Morgan fingerprint density at radius 3 is 2.52 bits per heavy atom. The van der Waals surface area contributed by atoms with Gasteiger partial charge in [0.15, 0.2) is 6.29 Å². The number of carbonyl (C=O) groups is 1. The van der Waals surface area contributed by atoms with Gasteiger partial charge in [-0.3, -0.25) is 4.79 Å². The molecule has 0 saturated carbocycles. The van der Waals surface area contributed by atoms with Gasteiger partial charge in [-0.1, -0.05) is 6.92 Å². The third-order valence-electron chi connectivity index (χ3n) is 5.23. The Morgan fingerprint density at radius 1 is 1.12 bits per heavy atom. The standard InChI is InChI=1S/C21H21NO3/c1-4-14-9-13-10-15(24-2)5-7-17(13)21-19(12-23)18-8-6-16(25-3)11-20(18)22(14)21/h5-8,10-12,14H,4,9H2,1-3H3. The number of aldehydes is 1. The summed E-state index contributed by atoms with van der Waals surface area (Å²) in [5.41, 5.74) is 5.17. The molecule has 0 amide bonds. The number of nitrogens with zero attached hydrogens (tertiary/aromatic N) is 1. The Hall–Kier alpha value is -2.75. The maximum absolute atomic E-state index is 12.0. The van der Waals surface area contributed by atoms with Gasteiger partial charge in [0.25, 0.3) is 0 Å². The van der Waals surface area contributed by atoms with Crippen molar-refractivity contribution in [3.63, 3.8) is 0 Å². The molecule has 25 heavy (non-hydrogen) atoms. The van der Waals surface area contributed by atoms with E-state index in [0.29, 0.717) is 6.04 Å². The highest BCUT2D eigenvalue weighted by atomic mass is 16.5. The highest BCUT2D eigenvalue weighted by molar-refractivity contribution is 6.06. The number of carbonyl (C=O) groups excluding carboxylic acids is 1. The molecule has 0 aliphatic carbocycles. The molecule has 4 nitrogen and oxygen atoms in total. The first-order valence-corrected chi connectivity index (χ1v) is 8.56. The lowest BCUT2D eigenvalue weighted by Gasteiger charge is -2.29. The molecule has 0 saturated heterocycles. The third kappa shape index (κ3) is 2.24. The number of ether oxygens (including phenoxy) is 2. The minimum absolute atomic E-state index is 0.304. The molecule has 0 spiro atoms. The van der Waals surface area contributed by atoms with E-state index in [1.165, 1.54) is 5.56 Å². The Morgan fingerprint density at radius 2 is 1.84 bits per heavy atom. The minimum atomic E-state index is 0.304.